The molecule has 0 aliphatic carbocycles. The predicted molar refractivity (Wildman–Crippen MR) is 206 cm³/mol. The van der Waals surface area contributed by atoms with E-state index in [1.165, 1.54) is 24.3 Å². The van der Waals surface area contributed by atoms with E-state index in [-0.39, 0.29) is 58.0 Å². The first-order valence-electron chi connectivity index (χ1n) is 19.0. The summed E-state index contributed by atoms with van der Waals surface area (Å²) >= 11 is 0. The van der Waals surface area contributed by atoms with E-state index in [0.717, 1.165) is 57.5 Å². The summed E-state index contributed by atoms with van der Waals surface area (Å²) in [4.78, 5) is 16.8. The molecule has 0 radical (unpaired) electrons. The van der Waals surface area contributed by atoms with Crippen LogP contribution in [0.3, 0.4) is 0 Å². The molecule has 9 rings (SSSR count). The highest BCUT2D eigenvalue weighted by molar-refractivity contribution is 6.18. The fraction of sp³-hybridized carbons (Fsp3) is 0.452. The zero-order valence-corrected chi connectivity index (χ0v) is 31.1. The zero-order chi connectivity index (χ0) is 38.2. The molecule has 4 aliphatic rings. The normalized spacial score (nSPS) is 24.1. The lowest BCUT2D eigenvalue weighted by Gasteiger charge is -2.42. The average molecular weight is 752 g/mol. The number of phenolic OH excluding ortho intramolecular Hbond substituents is 1. The number of aromatic hydroxyl groups is 1. The van der Waals surface area contributed by atoms with Crippen LogP contribution in [0.5, 0.6) is 11.8 Å². The van der Waals surface area contributed by atoms with Crippen LogP contribution in [0, 0.1) is 24.0 Å². The predicted octanol–water partition coefficient (Wildman–Crippen LogP) is 6.50. The van der Waals surface area contributed by atoms with Gasteiger partial charge >= 0.3 is 6.01 Å². The van der Waals surface area contributed by atoms with Crippen molar-refractivity contribution in [2.24, 2.45) is 7.05 Å². The number of hydrogen-bond donors (Lipinski definition) is 1. The third-order valence-corrected chi connectivity index (χ3v) is 12.1. The van der Waals surface area contributed by atoms with Crippen LogP contribution in [-0.2, 0) is 11.8 Å². The molecule has 2 aromatic heterocycles. The van der Waals surface area contributed by atoms with E-state index in [4.69, 9.17) is 31.0 Å². The summed E-state index contributed by atoms with van der Waals surface area (Å²) in [5, 5.41) is 17.5. The topological polar surface area (TPSA) is 92.0 Å². The SMILES string of the molecule is C#Cc1c(F)ccc2cc(O)cc(-c3c(F)c4nc(OC[C@]56CC(=C)CN5C[C@H](F)C6)nc(N5[C@@H]6CC[C@H]5CN(CCCCOC)C6)c4c4cn(C)nc34)c12. The maximum Gasteiger partial charge on any atom is 0.319 e. The summed E-state index contributed by atoms with van der Waals surface area (Å²) in [6, 6.07) is 5.83. The van der Waals surface area contributed by atoms with Crippen molar-refractivity contribution in [3.63, 3.8) is 0 Å². The van der Waals surface area contributed by atoms with Gasteiger partial charge in [-0.2, -0.15) is 15.1 Å². The number of ether oxygens (including phenoxy) is 2. The Labute approximate surface area is 317 Å². The molecule has 13 heteroatoms. The van der Waals surface area contributed by atoms with Gasteiger partial charge in [0.1, 0.15) is 41.2 Å². The first-order valence-corrected chi connectivity index (χ1v) is 19.0. The molecule has 5 aromatic rings. The average Bonchev–Trinajstić information content (AvgIpc) is 3.85. The molecule has 4 saturated heterocycles. The first-order chi connectivity index (χ1) is 26.6. The van der Waals surface area contributed by atoms with Crippen LogP contribution < -0.4 is 9.64 Å². The number of hydrogen-bond acceptors (Lipinski definition) is 9. The van der Waals surface area contributed by atoms with Gasteiger partial charge in [-0.05, 0) is 67.8 Å². The molecule has 3 aromatic carbocycles. The summed E-state index contributed by atoms with van der Waals surface area (Å²) in [6.45, 7) is 8.56. The molecular weight excluding hydrogens is 708 g/mol. The van der Waals surface area contributed by atoms with Crippen molar-refractivity contribution in [3.8, 4) is 35.2 Å². The molecule has 6 heterocycles. The third-order valence-electron chi connectivity index (χ3n) is 12.1. The highest BCUT2D eigenvalue weighted by Crippen LogP contribution is 2.47. The number of aryl methyl sites for hydroxylation is 1. The summed E-state index contributed by atoms with van der Waals surface area (Å²) in [5.74, 6) is 1.49. The fourth-order valence-corrected chi connectivity index (χ4v) is 9.92. The Morgan fingerprint density at radius 1 is 1.07 bits per heavy atom. The van der Waals surface area contributed by atoms with Gasteiger partial charge in [-0.1, -0.05) is 24.1 Å². The number of alkyl halides is 1. The number of aromatic nitrogens is 4. The van der Waals surface area contributed by atoms with Crippen LogP contribution in [0.25, 0.3) is 43.7 Å². The largest absolute Gasteiger partial charge is 0.508 e. The zero-order valence-electron chi connectivity index (χ0n) is 31.1. The van der Waals surface area contributed by atoms with Crippen molar-refractivity contribution in [3.05, 3.63) is 59.8 Å². The van der Waals surface area contributed by atoms with Gasteiger partial charge in [0.25, 0.3) is 0 Å². The molecule has 55 heavy (non-hydrogen) atoms. The molecular formula is C42H44F3N7O3. The van der Waals surface area contributed by atoms with E-state index in [2.05, 4.69) is 27.2 Å². The molecule has 10 nitrogen and oxygen atoms in total. The number of anilines is 1. The molecule has 4 fully saturated rings. The number of unbranched alkanes of at least 4 members (excludes halogenated alkanes) is 1. The van der Waals surface area contributed by atoms with Gasteiger partial charge in [-0.3, -0.25) is 14.5 Å². The highest BCUT2D eigenvalue weighted by atomic mass is 19.1. The van der Waals surface area contributed by atoms with Crippen molar-refractivity contribution in [1.29, 1.82) is 0 Å². The number of nitrogens with zero attached hydrogens (tertiary/aromatic N) is 7. The van der Waals surface area contributed by atoms with Crippen LogP contribution in [-0.4, -0.2) is 111 Å². The number of phenols is 1. The van der Waals surface area contributed by atoms with Gasteiger partial charge in [0, 0.05) is 88.0 Å². The Morgan fingerprint density at radius 3 is 2.64 bits per heavy atom. The first kappa shape index (κ1) is 35.8. The van der Waals surface area contributed by atoms with E-state index in [1.807, 2.05) is 6.20 Å². The van der Waals surface area contributed by atoms with Crippen LogP contribution >= 0.6 is 0 Å². The molecule has 4 aliphatic heterocycles. The van der Waals surface area contributed by atoms with E-state index >= 15 is 8.78 Å². The fourth-order valence-electron chi connectivity index (χ4n) is 9.92. The Balaban J connectivity index is 1.23. The standard InChI is InChI=1S/C42H44F3N7O3/c1-5-30-33(44)11-8-25-14-29(53)15-31(34(25)30)35-37(45)39-36(32-22-49(3)48-38(32)35)40(52-27-9-10-28(52)21-50(20-27)12-6-7-13-54-4)47-41(46-39)55-23-42-16-24(2)18-51(42)19-26(43)17-42/h1,8,11,14-15,22,26-28,53H,2,6-7,9-10,12-13,16-21,23H2,3-4H3/t26-,27-,28+,42-/m1/s1. The smallest absolute Gasteiger partial charge is 0.319 e. The summed E-state index contributed by atoms with van der Waals surface area (Å²) in [5.41, 5.74) is 0.899. The van der Waals surface area contributed by atoms with E-state index < -0.39 is 23.3 Å². The second kappa shape index (κ2) is 13.7. The number of benzene rings is 3. The Bertz CT molecular complexity index is 2400. The number of rotatable bonds is 10. The Kier molecular flexibility index (Phi) is 8.90. The molecule has 0 saturated carbocycles. The van der Waals surface area contributed by atoms with Gasteiger partial charge in [-0.15, -0.1) is 6.42 Å². The van der Waals surface area contributed by atoms with Crippen LogP contribution in [0.2, 0.25) is 0 Å². The highest BCUT2D eigenvalue weighted by Gasteiger charge is 2.51. The van der Waals surface area contributed by atoms with Crippen molar-refractivity contribution < 1.29 is 27.8 Å². The van der Waals surface area contributed by atoms with Crippen LogP contribution in [0.4, 0.5) is 19.0 Å². The van der Waals surface area contributed by atoms with E-state index in [0.29, 0.717) is 53.4 Å². The van der Waals surface area contributed by atoms with E-state index in [1.54, 1.807) is 18.8 Å². The number of terminal acetylenes is 1. The second-order valence-corrected chi connectivity index (χ2v) is 15.8. The monoisotopic (exact) mass is 751 g/mol. The van der Waals surface area contributed by atoms with Gasteiger partial charge in [0.05, 0.1) is 16.5 Å². The lowest BCUT2D eigenvalue weighted by atomic mass is 9.91. The molecule has 0 amide bonds. The number of halogens is 3. The lowest BCUT2D eigenvalue weighted by molar-refractivity contribution is 0.107. The molecule has 286 valence electrons. The van der Waals surface area contributed by atoms with E-state index in [9.17, 15) is 9.50 Å². The number of methoxy groups -OCH3 is 1. The lowest BCUT2D eigenvalue weighted by Crippen LogP contribution is -2.54. The molecule has 0 unspecified atom stereocenters. The molecule has 4 atom stereocenters. The number of piperazine rings is 1. The molecule has 2 bridgehead atoms. The minimum Gasteiger partial charge on any atom is -0.508 e. The second-order valence-electron chi connectivity index (χ2n) is 15.8. The summed E-state index contributed by atoms with van der Waals surface area (Å²) in [7, 11) is 3.48. The van der Waals surface area contributed by atoms with Gasteiger partial charge < -0.3 is 19.5 Å². The maximum atomic E-state index is 17.8. The minimum atomic E-state index is -0.986. The summed E-state index contributed by atoms with van der Waals surface area (Å²) < 4.78 is 61.3. The van der Waals surface area contributed by atoms with Crippen LogP contribution in [0.1, 0.15) is 44.1 Å². The number of likely N-dealkylation sites (tertiary alicyclic amines) is 1. The molecule has 1 N–H and O–H groups in total. The maximum absolute atomic E-state index is 17.8. The van der Waals surface area contributed by atoms with Crippen molar-refractivity contribution in [2.75, 3.05) is 57.9 Å². The Hall–Kier alpha value is -4.90. The van der Waals surface area contributed by atoms with Crippen molar-refractivity contribution in [2.45, 2.75) is 62.3 Å². The minimum absolute atomic E-state index is 0.00651. The number of fused-ring (bicyclic) bond motifs is 7. The van der Waals surface area contributed by atoms with Crippen LogP contribution in [0.15, 0.2) is 42.6 Å². The van der Waals surface area contributed by atoms with Crippen molar-refractivity contribution in [1.82, 2.24) is 29.5 Å². The van der Waals surface area contributed by atoms with Gasteiger partial charge in [0.15, 0.2) is 5.82 Å². The molecule has 0 spiro atoms. The van der Waals surface area contributed by atoms with Crippen molar-refractivity contribution >= 4 is 38.4 Å². The summed E-state index contributed by atoms with van der Waals surface area (Å²) in [6.07, 6.45) is 11.5. The van der Waals surface area contributed by atoms with Gasteiger partial charge in [-0.25, -0.2) is 13.2 Å². The van der Waals surface area contributed by atoms with Gasteiger partial charge in [0.2, 0.25) is 0 Å². The Morgan fingerprint density at radius 2 is 1.87 bits per heavy atom. The quantitative estimate of drug-likeness (QED) is 0.0976. The third kappa shape index (κ3) is 5.97.